The van der Waals surface area contributed by atoms with Crippen LogP contribution in [-0.2, 0) is 0 Å². The molecule has 1 atom stereocenters. The number of carbonyl (C=O) groups excluding carboxylic acids is 1. The molecule has 1 heterocycles. The fraction of sp³-hybridized carbons (Fsp3) is 0.154. The van der Waals surface area contributed by atoms with Crippen LogP contribution in [-0.4, -0.2) is 10.8 Å². The molecule has 0 spiro atoms. The van der Waals surface area contributed by atoms with Crippen LogP contribution in [0.3, 0.4) is 0 Å². The summed E-state index contributed by atoms with van der Waals surface area (Å²) in [6, 6.07) is 3.51. The third kappa shape index (κ3) is 3.40. The molecule has 2 aromatic rings. The molecule has 8 heteroatoms. The molecule has 1 amide bonds. The van der Waals surface area contributed by atoms with Crippen LogP contribution in [0.1, 0.15) is 28.9 Å². The van der Waals surface area contributed by atoms with Crippen LogP contribution in [0.2, 0.25) is 0 Å². The summed E-state index contributed by atoms with van der Waals surface area (Å²) < 4.78 is 26.4. The summed E-state index contributed by atoms with van der Waals surface area (Å²) in [4.78, 5) is 21.9. The molecule has 0 aliphatic heterocycles. The number of thiophene rings is 1. The number of amides is 1. The van der Waals surface area contributed by atoms with Crippen molar-refractivity contribution in [3.05, 3.63) is 62.5 Å². The maximum Gasteiger partial charge on any atom is 0.324 e. The highest BCUT2D eigenvalue weighted by Gasteiger charge is 2.18. The topological polar surface area (TPSA) is 72.2 Å². The van der Waals surface area contributed by atoms with Crippen molar-refractivity contribution < 1.29 is 18.5 Å². The van der Waals surface area contributed by atoms with Gasteiger partial charge in [-0.3, -0.25) is 14.9 Å². The molecule has 1 aromatic carbocycles. The highest BCUT2D eigenvalue weighted by molar-refractivity contribution is 7.13. The van der Waals surface area contributed by atoms with Crippen molar-refractivity contribution in [2.75, 3.05) is 0 Å². The zero-order valence-corrected chi connectivity index (χ0v) is 11.6. The Balaban J connectivity index is 2.12. The first kappa shape index (κ1) is 15.0. The van der Waals surface area contributed by atoms with Crippen molar-refractivity contribution >= 4 is 22.2 Å². The fourth-order valence-electron chi connectivity index (χ4n) is 1.75. The van der Waals surface area contributed by atoms with Gasteiger partial charge in [0.2, 0.25) is 0 Å². The van der Waals surface area contributed by atoms with Gasteiger partial charge in [0.1, 0.15) is 11.6 Å². The van der Waals surface area contributed by atoms with Crippen LogP contribution in [0.25, 0.3) is 0 Å². The molecule has 0 saturated carbocycles. The Hall–Kier alpha value is -2.35. The summed E-state index contributed by atoms with van der Waals surface area (Å²) in [5.41, 5.74) is 0.260. The van der Waals surface area contributed by atoms with E-state index in [1.165, 1.54) is 18.4 Å². The van der Waals surface area contributed by atoms with Crippen molar-refractivity contribution in [1.82, 2.24) is 5.32 Å². The van der Waals surface area contributed by atoms with Crippen LogP contribution in [0, 0.1) is 21.7 Å². The Labute approximate surface area is 122 Å². The summed E-state index contributed by atoms with van der Waals surface area (Å²) in [7, 11) is 0. The van der Waals surface area contributed by atoms with E-state index >= 15 is 0 Å². The molecule has 0 saturated heterocycles. The number of hydrogen-bond acceptors (Lipinski definition) is 4. The largest absolute Gasteiger partial charge is 0.345 e. The minimum absolute atomic E-state index is 0.126. The third-order valence-corrected chi connectivity index (χ3v) is 3.68. The van der Waals surface area contributed by atoms with E-state index in [0.717, 1.165) is 29.5 Å². The standard InChI is InChI=1S/C13H10F2N2O3S/c1-7(10-3-2-9(14)5-11(10)15)16-13(18)8-4-12(17(19)20)21-6-8/h2-7H,1H3,(H,16,18)/t7-/m0/s1. The number of rotatable bonds is 4. The van der Waals surface area contributed by atoms with Crippen molar-refractivity contribution in [2.45, 2.75) is 13.0 Å². The number of halogens is 2. The lowest BCUT2D eigenvalue weighted by Crippen LogP contribution is -2.26. The molecule has 2 rings (SSSR count). The van der Waals surface area contributed by atoms with Crippen molar-refractivity contribution in [1.29, 1.82) is 0 Å². The number of nitrogens with zero attached hydrogens (tertiary/aromatic N) is 1. The van der Waals surface area contributed by atoms with E-state index in [0.29, 0.717) is 0 Å². The summed E-state index contributed by atoms with van der Waals surface area (Å²) in [5, 5.41) is 14.3. The van der Waals surface area contributed by atoms with Crippen LogP contribution in [0.5, 0.6) is 0 Å². The number of benzene rings is 1. The Kier molecular flexibility index (Phi) is 4.27. The molecule has 21 heavy (non-hydrogen) atoms. The van der Waals surface area contributed by atoms with Gasteiger partial charge in [0.25, 0.3) is 5.91 Å². The minimum Gasteiger partial charge on any atom is -0.345 e. The number of nitro groups is 1. The molecule has 0 aliphatic carbocycles. The summed E-state index contributed by atoms with van der Waals surface area (Å²) >= 11 is 0.830. The molecule has 0 radical (unpaired) electrons. The van der Waals surface area contributed by atoms with Gasteiger partial charge >= 0.3 is 5.00 Å². The van der Waals surface area contributed by atoms with Gasteiger partial charge in [-0.05, 0) is 13.0 Å². The first-order valence-corrected chi connectivity index (χ1v) is 6.75. The summed E-state index contributed by atoms with van der Waals surface area (Å²) in [6.45, 7) is 1.54. The second-order valence-electron chi connectivity index (χ2n) is 4.29. The average Bonchev–Trinajstić information content (AvgIpc) is 2.88. The Morgan fingerprint density at radius 3 is 2.67 bits per heavy atom. The SMILES string of the molecule is C[C@H](NC(=O)c1csc([N+](=O)[O-])c1)c1ccc(F)cc1F. The third-order valence-electron chi connectivity index (χ3n) is 2.80. The van der Waals surface area contributed by atoms with Crippen LogP contribution >= 0.6 is 11.3 Å². The van der Waals surface area contributed by atoms with Gasteiger partial charge in [-0.1, -0.05) is 17.4 Å². The average molecular weight is 312 g/mol. The predicted molar refractivity (Wildman–Crippen MR) is 73.2 cm³/mol. The molecule has 0 unspecified atom stereocenters. The normalized spacial score (nSPS) is 12.0. The second-order valence-corrected chi connectivity index (χ2v) is 5.18. The molecule has 1 aromatic heterocycles. The monoisotopic (exact) mass is 312 g/mol. The smallest absolute Gasteiger partial charge is 0.324 e. The van der Waals surface area contributed by atoms with Gasteiger partial charge in [0.05, 0.1) is 16.5 Å². The van der Waals surface area contributed by atoms with Gasteiger partial charge in [0.15, 0.2) is 0 Å². The van der Waals surface area contributed by atoms with Crippen LogP contribution in [0.4, 0.5) is 13.8 Å². The fourth-order valence-corrected chi connectivity index (χ4v) is 2.45. The lowest BCUT2D eigenvalue weighted by atomic mass is 10.1. The maximum atomic E-state index is 13.6. The Morgan fingerprint density at radius 1 is 1.38 bits per heavy atom. The minimum atomic E-state index is -0.765. The Morgan fingerprint density at radius 2 is 2.10 bits per heavy atom. The number of carbonyl (C=O) groups is 1. The molecule has 5 nitrogen and oxygen atoms in total. The van der Waals surface area contributed by atoms with Crippen LogP contribution in [0.15, 0.2) is 29.6 Å². The maximum absolute atomic E-state index is 13.6. The van der Waals surface area contributed by atoms with E-state index in [2.05, 4.69) is 5.32 Å². The van der Waals surface area contributed by atoms with E-state index in [9.17, 15) is 23.7 Å². The van der Waals surface area contributed by atoms with Gasteiger partial charge in [0, 0.05) is 23.1 Å². The van der Waals surface area contributed by atoms with Gasteiger partial charge in [-0.25, -0.2) is 8.78 Å². The van der Waals surface area contributed by atoms with Crippen molar-refractivity contribution in [3.63, 3.8) is 0 Å². The Bertz CT molecular complexity index is 702. The summed E-state index contributed by atoms with van der Waals surface area (Å²) in [5.74, 6) is -2.03. The molecule has 0 aliphatic rings. The van der Waals surface area contributed by atoms with Gasteiger partial charge in [-0.2, -0.15) is 0 Å². The van der Waals surface area contributed by atoms with Gasteiger partial charge in [-0.15, -0.1) is 0 Å². The highest BCUT2D eigenvalue weighted by Crippen LogP contribution is 2.23. The van der Waals surface area contributed by atoms with E-state index in [1.54, 1.807) is 0 Å². The number of nitrogens with one attached hydrogen (secondary N) is 1. The first-order valence-electron chi connectivity index (χ1n) is 5.87. The zero-order valence-electron chi connectivity index (χ0n) is 10.8. The zero-order chi connectivity index (χ0) is 15.6. The molecule has 110 valence electrons. The molecule has 1 N–H and O–H groups in total. The van der Waals surface area contributed by atoms with E-state index in [-0.39, 0.29) is 16.1 Å². The lowest BCUT2D eigenvalue weighted by molar-refractivity contribution is -0.380. The quantitative estimate of drug-likeness (QED) is 0.694. The first-order chi connectivity index (χ1) is 9.88. The lowest BCUT2D eigenvalue weighted by Gasteiger charge is -2.14. The van der Waals surface area contributed by atoms with E-state index < -0.39 is 28.5 Å². The van der Waals surface area contributed by atoms with E-state index in [4.69, 9.17) is 0 Å². The van der Waals surface area contributed by atoms with Crippen molar-refractivity contribution in [3.8, 4) is 0 Å². The van der Waals surface area contributed by atoms with Crippen molar-refractivity contribution in [2.24, 2.45) is 0 Å². The molecule has 0 bridgehead atoms. The van der Waals surface area contributed by atoms with Gasteiger partial charge < -0.3 is 5.32 Å². The second kappa shape index (κ2) is 5.96. The molecular weight excluding hydrogens is 302 g/mol. The van der Waals surface area contributed by atoms with E-state index in [1.807, 2.05) is 0 Å². The predicted octanol–water partition coefficient (Wildman–Crippen LogP) is 3.43. The molecule has 0 fully saturated rings. The highest BCUT2D eigenvalue weighted by atomic mass is 32.1. The number of hydrogen-bond donors (Lipinski definition) is 1. The molecular formula is C13H10F2N2O3S. The summed E-state index contributed by atoms with van der Waals surface area (Å²) in [6.07, 6.45) is 0. The van der Waals surface area contributed by atoms with Crippen LogP contribution < -0.4 is 5.32 Å².